The Kier molecular flexibility index (Phi) is 10.1. The van der Waals surface area contributed by atoms with Gasteiger partial charge in [0.2, 0.25) is 0 Å². The van der Waals surface area contributed by atoms with Crippen LogP contribution >= 0.6 is 0 Å². The standard InChI is InChI=1S/C34H40N2O12S2/c1-13(2)23-19-9-15(5)25(31(39)27(19)21(29(37)33(23)41)11-35-17(7)49(43,44)45)26-16(6)10-20-24(14(3)4)34(42)30(38)22(28(20)32(26)40)12-36-18(8)50(46,47)48/h9-14,17-18,37-42H,1-8H3,(H,43,44,45)(H,46,47,48). The molecule has 4 aromatic carbocycles. The number of rotatable bonds is 9. The summed E-state index contributed by atoms with van der Waals surface area (Å²) >= 11 is 0. The Morgan fingerprint density at radius 3 is 1.10 bits per heavy atom. The SMILES string of the molecule is Cc1cc2c(C(C)C)c(O)c(O)c(C=NC(C)S(=O)(=O)O)c2c(O)c1-c1c(C)cc2c(C(C)C)c(O)c(O)c(C=NC(C)S(=O)(=O)O)c2c1O. The molecule has 270 valence electrons. The van der Waals surface area contributed by atoms with Crippen LogP contribution in [0.15, 0.2) is 22.1 Å². The molecule has 4 aromatic rings. The van der Waals surface area contributed by atoms with Crippen LogP contribution in [-0.4, -0.2) is 79.8 Å². The number of aryl methyl sites for hydroxylation is 2. The minimum atomic E-state index is -4.64. The summed E-state index contributed by atoms with van der Waals surface area (Å²) in [6.45, 7) is 12.3. The quantitative estimate of drug-likeness (QED) is 0.0555. The molecular formula is C34H40N2O12S2. The van der Waals surface area contributed by atoms with Gasteiger partial charge < -0.3 is 30.6 Å². The first-order chi connectivity index (χ1) is 22.9. The van der Waals surface area contributed by atoms with Gasteiger partial charge in [0, 0.05) is 56.6 Å². The first-order valence-corrected chi connectivity index (χ1v) is 18.4. The van der Waals surface area contributed by atoms with Crippen LogP contribution in [0.4, 0.5) is 0 Å². The third-order valence-electron chi connectivity index (χ3n) is 8.68. The average molecular weight is 733 g/mol. The van der Waals surface area contributed by atoms with E-state index in [0.717, 1.165) is 26.3 Å². The molecule has 0 radical (unpaired) electrons. The molecule has 8 N–H and O–H groups in total. The van der Waals surface area contributed by atoms with E-state index in [1.165, 1.54) is 0 Å². The van der Waals surface area contributed by atoms with Crippen molar-refractivity contribution in [3.8, 4) is 45.6 Å². The fraction of sp³-hybridized carbons (Fsp3) is 0.353. The molecule has 16 heteroatoms. The van der Waals surface area contributed by atoms with Gasteiger partial charge in [0.1, 0.15) is 11.5 Å². The molecule has 2 atom stereocenters. The van der Waals surface area contributed by atoms with Gasteiger partial charge in [-0.1, -0.05) is 39.8 Å². The summed E-state index contributed by atoms with van der Waals surface area (Å²) < 4.78 is 65.6. The van der Waals surface area contributed by atoms with Gasteiger partial charge in [0.15, 0.2) is 33.7 Å². The van der Waals surface area contributed by atoms with Gasteiger partial charge in [0.25, 0.3) is 20.2 Å². The molecule has 0 amide bonds. The maximum atomic E-state index is 12.1. The number of phenols is 6. The summed E-state index contributed by atoms with van der Waals surface area (Å²) in [4.78, 5) is 7.64. The smallest absolute Gasteiger partial charge is 0.287 e. The Morgan fingerprint density at radius 1 is 0.540 bits per heavy atom. The number of aromatic hydroxyl groups is 6. The molecule has 50 heavy (non-hydrogen) atoms. The van der Waals surface area contributed by atoms with E-state index < -0.39 is 77.3 Å². The van der Waals surface area contributed by atoms with Crippen LogP contribution in [0.5, 0.6) is 34.5 Å². The third-order valence-corrected chi connectivity index (χ3v) is 10.6. The molecule has 0 saturated carbocycles. The topological polar surface area (TPSA) is 255 Å². The number of phenolic OH excluding ortho intramolecular Hbond substituents is 6. The first kappa shape index (κ1) is 38.2. The van der Waals surface area contributed by atoms with Gasteiger partial charge in [0.05, 0.1) is 0 Å². The van der Waals surface area contributed by atoms with Crippen molar-refractivity contribution in [1.29, 1.82) is 0 Å². The van der Waals surface area contributed by atoms with Gasteiger partial charge in [-0.3, -0.25) is 19.1 Å². The van der Waals surface area contributed by atoms with Crippen molar-refractivity contribution >= 4 is 54.2 Å². The summed E-state index contributed by atoms with van der Waals surface area (Å²) in [6, 6.07) is 3.19. The molecule has 2 unspecified atom stereocenters. The molecule has 0 aliphatic heterocycles. The van der Waals surface area contributed by atoms with E-state index in [-0.39, 0.29) is 54.9 Å². The van der Waals surface area contributed by atoms with Gasteiger partial charge in [-0.2, -0.15) is 16.8 Å². The predicted molar refractivity (Wildman–Crippen MR) is 192 cm³/mol. The van der Waals surface area contributed by atoms with Gasteiger partial charge in [-0.15, -0.1) is 0 Å². The molecule has 0 aliphatic rings. The second-order valence-electron chi connectivity index (χ2n) is 12.8. The van der Waals surface area contributed by atoms with E-state index in [2.05, 4.69) is 9.98 Å². The number of fused-ring (bicyclic) bond motifs is 2. The van der Waals surface area contributed by atoms with Gasteiger partial charge in [-0.25, -0.2) is 0 Å². The van der Waals surface area contributed by atoms with Crippen molar-refractivity contribution < 1.29 is 56.6 Å². The summed E-state index contributed by atoms with van der Waals surface area (Å²) in [5.41, 5.74) is 0.716. The fourth-order valence-electron chi connectivity index (χ4n) is 6.14. The van der Waals surface area contributed by atoms with Crippen LogP contribution in [0, 0.1) is 13.8 Å². The predicted octanol–water partition coefficient (Wildman–Crippen LogP) is 6.06. The van der Waals surface area contributed by atoms with E-state index in [0.29, 0.717) is 11.1 Å². The van der Waals surface area contributed by atoms with E-state index in [9.17, 15) is 56.6 Å². The minimum Gasteiger partial charge on any atom is -0.507 e. The molecule has 14 nitrogen and oxygen atoms in total. The molecule has 0 saturated heterocycles. The third kappa shape index (κ3) is 6.51. The van der Waals surface area contributed by atoms with E-state index >= 15 is 0 Å². The number of hydrogen-bond donors (Lipinski definition) is 8. The summed E-state index contributed by atoms with van der Waals surface area (Å²) in [6.07, 6.45) is 1.79. The average Bonchev–Trinajstić information content (AvgIpc) is 2.98. The summed E-state index contributed by atoms with van der Waals surface area (Å²) in [7, 11) is -9.29. The summed E-state index contributed by atoms with van der Waals surface area (Å²) in [5, 5.41) is 65.5. The number of benzene rings is 4. The molecule has 0 bridgehead atoms. The second kappa shape index (κ2) is 13.2. The monoisotopic (exact) mass is 732 g/mol. The normalized spacial score (nSPS) is 14.2. The van der Waals surface area contributed by atoms with Crippen LogP contribution in [-0.2, 0) is 20.2 Å². The second-order valence-corrected chi connectivity index (χ2v) is 16.2. The zero-order chi connectivity index (χ0) is 37.9. The van der Waals surface area contributed by atoms with Crippen molar-refractivity contribution in [2.45, 2.75) is 78.0 Å². The lowest BCUT2D eigenvalue weighted by Crippen LogP contribution is -2.14. The molecular weight excluding hydrogens is 693 g/mol. The molecule has 0 aliphatic carbocycles. The lowest BCUT2D eigenvalue weighted by molar-refractivity contribution is 0.398. The fourth-order valence-corrected chi connectivity index (χ4v) is 6.57. The Morgan fingerprint density at radius 2 is 0.840 bits per heavy atom. The Hall–Kier alpha value is -4.64. The molecule has 0 heterocycles. The van der Waals surface area contributed by atoms with Crippen molar-refractivity contribution in [3.63, 3.8) is 0 Å². The van der Waals surface area contributed by atoms with Gasteiger partial charge >= 0.3 is 0 Å². The zero-order valence-electron chi connectivity index (χ0n) is 28.5. The highest BCUT2D eigenvalue weighted by Gasteiger charge is 2.30. The molecule has 0 spiro atoms. The number of nitrogens with zero attached hydrogens (tertiary/aromatic N) is 2. The van der Waals surface area contributed by atoms with Crippen molar-refractivity contribution in [1.82, 2.24) is 0 Å². The zero-order valence-corrected chi connectivity index (χ0v) is 30.2. The van der Waals surface area contributed by atoms with Crippen molar-refractivity contribution in [2.24, 2.45) is 9.98 Å². The van der Waals surface area contributed by atoms with Crippen LogP contribution in [0.3, 0.4) is 0 Å². The van der Waals surface area contributed by atoms with E-state index in [1.54, 1.807) is 53.7 Å². The maximum Gasteiger partial charge on any atom is 0.287 e. The molecule has 0 fully saturated rings. The first-order valence-electron chi connectivity index (χ1n) is 15.4. The number of hydrogen-bond acceptors (Lipinski definition) is 12. The van der Waals surface area contributed by atoms with Crippen LogP contribution < -0.4 is 0 Å². The minimum absolute atomic E-state index is 0.0273. The Balaban J connectivity index is 2.25. The van der Waals surface area contributed by atoms with Crippen LogP contribution in [0.2, 0.25) is 0 Å². The van der Waals surface area contributed by atoms with Gasteiger partial charge in [-0.05, 0) is 61.4 Å². The Labute approximate surface area is 289 Å². The largest absolute Gasteiger partial charge is 0.507 e. The number of aliphatic imine (C=N–C) groups is 2. The molecule has 0 aromatic heterocycles. The van der Waals surface area contributed by atoms with Crippen LogP contribution in [0.25, 0.3) is 32.7 Å². The lowest BCUT2D eigenvalue weighted by atomic mass is 9.83. The summed E-state index contributed by atoms with van der Waals surface area (Å²) in [5.74, 6) is -4.37. The van der Waals surface area contributed by atoms with Crippen molar-refractivity contribution in [2.75, 3.05) is 0 Å². The Bertz CT molecular complexity index is 2180. The highest BCUT2D eigenvalue weighted by Crippen LogP contribution is 2.54. The molecule has 4 rings (SSSR count). The highest BCUT2D eigenvalue weighted by molar-refractivity contribution is 7.86. The van der Waals surface area contributed by atoms with E-state index in [1.807, 2.05) is 0 Å². The lowest BCUT2D eigenvalue weighted by Gasteiger charge is -2.23. The van der Waals surface area contributed by atoms with Crippen molar-refractivity contribution in [3.05, 3.63) is 45.5 Å². The van der Waals surface area contributed by atoms with Crippen LogP contribution in [0.1, 0.15) is 86.8 Å². The van der Waals surface area contributed by atoms with E-state index in [4.69, 9.17) is 0 Å². The highest BCUT2D eigenvalue weighted by atomic mass is 32.2. The maximum absolute atomic E-state index is 12.1.